The molecule has 1 rings (SSSR count). The molecular weight excluding hydrogens is 174 g/mol. The SMILES string of the molecule is CC(CN)CCCNc1ccncc1. The minimum atomic E-state index is 0.634. The van der Waals surface area contributed by atoms with Gasteiger partial charge in [0, 0.05) is 24.6 Å². The Morgan fingerprint density at radius 2 is 2.14 bits per heavy atom. The minimum absolute atomic E-state index is 0.634. The molecule has 3 nitrogen and oxygen atoms in total. The summed E-state index contributed by atoms with van der Waals surface area (Å²) >= 11 is 0. The summed E-state index contributed by atoms with van der Waals surface area (Å²) in [4.78, 5) is 3.96. The lowest BCUT2D eigenvalue weighted by molar-refractivity contribution is 0.529. The lowest BCUT2D eigenvalue weighted by Gasteiger charge is -2.09. The van der Waals surface area contributed by atoms with E-state index in [9.17, 15) is 0 Å². The van der Waals surface area contributed by atoms with Gasteiger partial charge in [0.25, 0.3) is 0 Å². The highest BCUT2D eigenvalue weighted by atomic mass is 14.9. The van der Waals surface area contributed by atoms with Crippen LogP contribution in [0.2, 0.25) is 0 Å². The Balaban J connectivity index is 2.10. The summed E-state index contributed by atoms with van der Waals surface area (Å²) in [6.07, 6.45) is 5.95. The molecule has 0 saturated carbocycles. The highest BCUT2D eigenvalue weighted by molar-refractivity contribution is 5.40. The van der Waals surface area contributed by atoms with Crippen LogP contribution in [0.3, 0.4) is 0 Å². The van der Waals surface area contributed by atoms with E-state index in [0.717, 1.165) is 18.8 Å². The summed E-state index contributed by atoms with van der Waals surface area (Å²) in [6, 6.07) is 3.96. The summed E-state index contributed by atoms with van der Waals surface area (Å²) in [6.45, 7) is 3.98. The van der Waals surface area contributed by atoms with Crippen LogP contribution in [0.1, 0.15) is 19.8 Å². The van der Waals surface area contributed by atoms with Crippen molar-refractivity contribution in [2.45, 2.75) is 19.8 Å². The number of nitrogens with zero attached hydrogens (tertiary/aromatic N) is 1. The molecule has 1 unspecified atom stereocenters. The molecule has 0 aliphatic carbocycles. The molecule has 0 aromatic carbocycles. The van der Waals surface area contributed by atoms with Crippen molar-refractivity contribution in [1.82, 2.24) is 4.98 Å². The third-order valence-electron chi connectivity index (χ3n) is 2.29. The third-order valence-corrected chi connectivity index (χ3v) is 2.29. The third kappa shape index (κ3) is 4.23. The van der Waals surface area contributed by atoms with E-state index < -0.39 is 0 Å². The number of hydrogen-bond acceptors (Lipinski definition) is 3. The maximum Gasteiger partial charge on any atom is 0.0371 e. The Hall–Kier alpha value is -1.09. The fourth-order valence-corrected chi connectivity index (χ4v) is 1.27. The fourth-order valence-electron chi connectivity index (χ4n) is 1.27. The normalized spacial score (nSPS) is 12.4. The summed E-state index contributed by atoms with van der Waals surface area (Å²) in [5.41, 5.74) is 6.68. The van der Waals surface area contributed by atoms with Crippen LogP contribution in [0, 0.1) is 5.92 Å². The van der Waals surface area contributed by atoms with Gasteiger partial charge in [-0.1, -0.05) is 6.92 Å². The van der Waals surface area contributed by atoms with Crippen LogP contribution in [-0.2, 0) is 0 Å². The predicted molar refractivity (Wildman–Crippen MR) is 60.2 cm³/mol. The van der Waals surface area contributed by atoms with Gasteiger partial charge in [-0.2, -0.15) is 0 Å². The Morgan fingerprint density at radius 3 is 2.79 bits per heavy atom. The number of hydrogen-bond donors (Lipinski definition) is 2. The van der Waals surface area contributed by atoms with Crippen LogP contribution in [0.5, 0.6) is 0 Å². The zero-order valence-corrected chi connectivity index (χ0v) is 8.74. The standard InChI is InChI=1S/C11H19N3/c1-10(9-12)3-2-6-14-11-4-7-13-8-5-11/h4-5,7-8,10H,2-3,6,9,12H2,1H3,(H,13,14). The molecule has 78 valence electrons. The molecule has 0 amide bonds. The van der Waals surface area contributed by atoms with E-state index in [1.165, 1.54) is 12.8 Å². The Bertz CT molecular complexity index is 236. The van der Waals surface area contributed by atoms with Crippen LogP contribution in [0.15, 0.2) is 24.5 Å². The van der Waals surface area contributed by atoms with Gasteiger partial charge in [-0.05, 0) is 37.4 Å². The summed E-state index contributed by atoms with van der Waals surface area (Å²) in [5, 5.41) is 3.34. The van der Waals surface area contributed by atoms with Crippen molar-refractivity contribution in [3.05, 3.63) is 24.5 Å². The van der Waals surface area contributed by atoms with Crippen molar-refractivity contribution in [3.63, 3.8) is 0 Å². The molecule has 3 N–H and O–H groups in total. The summed E-state index contributed by atoms with van der Waals surface area (Å²) in [5.74, 6) is 0.634. The molecule has 0 spiro atoms. The van der Waals surface area contributed by atoms with Gasteiger partial charge >= 0.3 is 0 Å². The quantitative estimate of drug-likeness (QED) is 0.678. The monoisotopic (exact) mass is 193 g/mol. The van der Waals surface area contributed by atoms with Gasteiger partial charge in [0.1, 0.15) is 0 Å². The number of aromatic nitrogens is 1. The van der Waals surface area contributed by atoms with Crippen LogP contribution < -0.4 is 11.1 Å². The van der Waals surface area contributed by atoms with Crippen molar-refractivity contribution in [2.75, 3.05) is 18.4 Å². The first-order chi connectivity index (χ1) is 6.83. The molecule has 0 fully saturated rings. The second-order valence-electron chi connectivity index (χ2n) is 3.65. The molecule has 0 saturated heterocycles. The second-order valence-corrected chi connectivity index (χ2v) is 3.65. The minimum Gasteiger partial charge on any atom is -0.385 e. The molecule has 0 aliphatic rings. The number of pyridine rings is 1. The van der Waals surface area contributed by atoms with E-state index in [0.29, 0.717) is 5.92 Å². The maximum absolute atomic E-state index is 5.54. The Morgan fingerprint density at radius 1 is 1.43 bits per heavy atom. The van der Waals surface area contributed by atoms with Crippen LogP contribution in [0.4, 0.5) is 5.69 Å². The van der Waals surface area contributed by atoms with Crippen molar-refractivity contribution >= 4 is 5.69 Å². The van der Waals surface area contributed by atoms with E-state index in [4.69, 9.17) is 5.73 Å². The molecule has 0 radical (unpaired) electrons. The Labute approximate surface area is 85.7 Å². The van der Waals surface area contributed by atoms with Gasteiger partial charge in [-0.3, -0.25) is 4.98 Å². The lowest BCUT2D eigenvalue weighted by atomic mass is 10.1. The van der Waals surface area contributed by atoms with E-state index in [1.807, 2.05) is 12.1 Å². The fraction of sp³-hybridized carbons (Fsp3) is 0.545. The van der Waals surface area contributed by atoms with Crippen molar-refractivity contribution in [3.8, 4) is 0 Å². The highest BCUT2D eigenvalue weighted by Crippen LogP contribution is 2.06. The van der Waals surface area contributed by atoms with Crippen LogP contribution >= 0.6 is 0 Å². The lowest BCUT2D eigenvalue weighted by Crippen LogP contribution is -2.12. The van der Waals surface area contributed by atoms with Crippen LogP contribution in [-0.4, -0.2) is 18.1 Å². The van der Waals surface area contributed by atoms with Crippen molar-refractivity contribution in [1.29, 1.82) is 0 Å². The number of nitrogens with one attached hydrogen (secondary N) is 1. The number of anilines is 1. The molecule has 0 bridgehead atoms. The predicted octanol–water partition coefficient (Wildman–Crippen LogP) is 1.87. The molecule has 1 atom stereocenters. The van der Waals surface area contributed by atoms with Crippen molar-refractivity contribution in [2.24, 2.45) is 11.7 Å². The largest absolute Gasteiger partial charge is 0.385 e. The van der Waals surface area contributed by atoms with E-state index in [1.54, 1.807) is 12.4 Å². The highest BCUT2D eigenvalue weighted by Gasteiger charge is 1.97. The molecule has 1 aromatic heterocycles. The zero-order valence-electron chi connectivity index (χ0n) is 8.74. The van der Waals surface area contributed by atoms with Gasteiger partial charge in [0.05, 0.1) is 0 Å². The molecule has 1 aromatic rings. The van der Waals surface area contributed by atoms with E-state index in [2.05, 4.69) is 17.2 Å². The van der Waals surface area contributed by atoms with Gasteiger partial charge in [-0.25, -0.2) is 0 Å². The first kappa shape index (κ1) is 11.0. The first-order valence-electron chi connectivity index (χ1n) is 5.17. The molecule has 0 aliphatic heterocycles. The van der Waals surface area contributed by atoms with Crippen molar-refractivity contribution < 1.29 is 0 Å². The molecular formula is C11H19N3. The molecule has 14 heavy (non-hydrogen) atoms. The van der Waals surface area contributed by atoms with Gasteiger partial charge in [0.2, 0.25) is 0 Å². The Kier molecular flexibility index (Phi) is 5.00. The average molecular weight is 193 g/mol. The summed E-state index contributed by atoms with van der Waals surface area (Å²) in [7, 11) is 0. The first-order valence-corrected chi connectivity index (χ1v) is 5.17. The molecule has 1 heterocycles. The van der Waals surface area contributed by atoms with E-state index in [-0.39, 0.29) is 0 Å². The number of nitrogens with two attached hydrogens (primary N) is 1. The van der Waals surface area contributed by atoms with Gasteiger partial charge < -0.3 is 11.1 Å². The summed E-state index contributed by atoms with van der Waals surface area (Å²) < 4.78 is 0. The average Bonchev–Trinajstić information content (AvgIpc) is 2.25. The smallest absolute Gasteiger partial charge is 0.0371 e. The van der Waals surface area contributed by atoms with Gasteiger partial charge in [-0.15, -0.1) is 0 Å². The molecule has 3 heteroatoms. The zero-order chi connectivity index (χ0) is 10.2. The number of rotatable bonds is 6. The van der Waals surface area contributed by atoms with Crippen LogP contribution in [0.25, 0.3) is 0 Å². The second kappa shape index (κ2) is 6.38. The topological polar surface area (TPSA) is 50.9 Å². The van der Waals surface area contributed by atoms with E-state index >= 15 is 0 Å². The van der Waals surface area contributed by atoms with Gasteiger partial charge in [0.15, 0.2) is 0 Å². The maximum atomic E-state index is 5.54.